The van der Waals surface area contributed by atoms with Crippen molar-refractivity contribution in [1.29, 1.82) is 0 Å². The molecule has 0 aliphatic carbocycles. The highest BCUT2D eigenvalue weighted by Gasteiger charge is 2.28. The van der Waals surface area contributed by atoms with Gasteiger partial charge in [0.1, 0.15) is 24.4 Å². The maximum absolute atomic E-state index is 9.34. The summed E-state index contributed by atoms with van der Waals surface area (Å²) in [7, 11) is 0. The second-order valence-corrected chi connectivity index (χ2v) is 3.61. The number of hydrogen-bond donors (Lipinski definition) is 5. The standard InChI is InChI=1S/C9H19NO5/c1-5(2)10-3-6(12)8(14)9(15)7(13)4-11/h3,5-9,11-15H,4H2,1-2H3. The average Bonchev–Trinajstić information content (AvgIpc) is 2.22. The predicted octanol–water partition coefficient (Wildman–Crippen LogP) is -2.10. The van der Waals surface area contributed by atoms with Crippen LogP contribution in [0, 0.1) is 0 Å². The van der Waals surface area contributed by atoms with Crippen LogP contribution < -0.4 is 0 Å². The zero-order valence-electron chi connectivity index (χ0n) is 8.85. The van der Waals surface area contributed by atoms with Gasteiger partial charge in [0.05, 0.1) is 6.61 Å². The van der Waals surface area contributed by atoms with E-state index in [4.69, 9.17) is 10.2 Å². The molecule has 0 aromatic heterocycles. The Balaban J connectivity index is 4.24. The van der Waals surface area contributed by atoms with Crippen molar-refractivity contribution in [3.63, 3.8) is 0 Å². The molecule has 0 bridgehead atoms. The van der Waals surface area contributed by atoms with Crippen LogP contribution in [0.25, 0.3) is 0 Å². The molecule has 0 aliphatic rings. The first-order valence-electron chi connectivity index (χ1n) is 4.76. The summed E-state index contributed by atoms with van der Waals surface area (Å²) >= 11 is 0. The fourth-order valence-electron chi connectivity index (χ4n) is 0.886. The molecule has 5 N–H and O–H groups in total. The van der Waals surface area contributed by atoms with Gasteiger partial charge in [-0.15, -0.1) is 0 Å². The van der Waals surface area contributed by atoms with Crippen LogP contribution in [-0.4, -0.2) is 68.8 Å². The Morgan fingerprint density at radius 3 is 2.00 bits per heavy atom. The molecule has 4 atom stereocenters. The Hall–Kier alpha value is -0.530. The largest absolute Gasteiger partial charge is 0.394 e. The molecule has 6 heteroatoms. The van der Waals surface area contributed by atoms with Crippen molar-refractivity contribution in [3.8, 4) is 0 Å². The molecule has 0 heterocycles. The van der Waals surface area contributed by atoms with Crippen molar-refractivity contribution in [3.05, 3.63) is 0 Å². The molecule has 0 amide bonds. The molecule has 0 saturated carbocycles. The van der Waals surface area contributed by atoms with E-state index in [0.29, 0.717) is 0 Å². The van der Waals surface area contributed by atoms with Crippen molar-refractivity contribution < 1.29 is 25.5 Å². The third kappa shape index (κ3) is 5.19. The quantitative estimate of drug-likeness (QED) is 0.330. The summed E-state index contributed by atoms with van der Waals surface area (Å²) in [5.74, 6) is 0. The van der Waals surface area contributed by atoms with E-state index in [1.54, 1.807) is 13.8 Å². The Morgan fingerprint density at radius 2 is 1.60 bits per heavy atom. The van der Waals surface area contributed by atoms with E-state index in [2.05, 4.69) is 4.99 Å². The lowest BCUT2D eigenvalue weighted by Gasteiger charge is -2.23. The minimum absolute atomic E-state index is 0.0354. The van der Waals surface area contributed by atoms with Crippen molar-refractivity contribution in [2.45, 2.75) is 44.3 Å². The number of hydrogen-bond acceptors (Lipinski definition) is 6. The fourth-order valence-corrected chi connectivity index (χ4v) is 0.886. The monoisotopic (exact) mass is 221 g/mol. The van der Waals surface area contributed by atoms with Crippen LogP contribution in [0.5, 0.6) is 0 Å². The van der Waals surface area contributed by atoms with Gasteiger partial charge in [0.25, 0.3) is 0 Å². The highest BCUT2D eigenvalue weighted by atomic mass is 16.4. The molecule has 0 rings (SSSR count). The summed E-state index contributed by atoms with van der Waals surface area (Å²) < 4.78 is 0. The number of nitrogens with zero attached hydrogens (tertiary/aromatic N) is 1. The van der Waals surface area contributed by atoms with Crippen LogP contribution in [0.4, 0.5) is 0 Å². The zero-order chi connectivity index (χ0) is 12.0. The zero-order valence-corrected chi connectivity index (χ0v) is 8.85. The van der Waals surface area contributed by atoms with Crippen LogP contribution in [0.2, 0.25) is 0 Å². The molecule has 0 spiro atoms. The molecule has 0 saturated heterocycles. The van der Waals surface area contributed by atoms with E-state index in [1.807, 2.05) is 0 Å². The van der Waals surface area contributed by atoms with E-state index < -0.39 is 31.0 Å². The lowest BCUT2D eigenvalue weighted by molar-refractivity contribution is -0.0999. The van der Waals surface area contributed by atoms with Crippen LogP contribution >= 0.6 is 0 Å². The molecule has 0 radical (unpaired) electrons. The molecule has 0 aliphatic heterocycles. The van der Waals surface area contributed by atoms with Crippen molar-refractivity contribution >= 4 is 6.21 Å². The summed E-state index contributed by atoms with van der Waals surface area (Å²) in [5, 5.41) is 45.4. The van der Waals surface area contributed by atoms with E-state index in [0.717, 1.165) is 6.21 Å². The highest BCUT2D eigenvalue weighted by Crippen LogP contribution is 2.04. The number of rotatable bonds is 6. The minimum atomic E-state index is -1.61. The van der Waals surface area contributed by atoms with E-state index in [-0.39, 0.29) is 6.04 Å². The SMILES string of the molecule is CC(C)N=CC(O)C(O)C(O)C(O)CO. The predicted molar refractivity (Wildman–Crippen MR) is 54.7 cm³/mol. The number of aliphatic imine (C=N–C) groups is 1. The molecule has 90 valence electrons. The summed E-state index contributed by atoms with van der Waals surface area (Å²) in [5.41, 5.74) is 0. The lowest BCUT2D eigenvalue weighted by atomic mass is 10.0. The molecule has 4 unspecified atom stereocenters. The molecule has 0 aromatic rings. The Kier molecular flexibility index (Phi) is 6.62. The Bertz CT molecular complexity index is 197. The average molecular weight is 221 g/mol. The van der Waals surface area contributed by atoms with Gasteiger partial charge in [-0.05, 0) is 13.8 Å². The van der Waals surface area contributed by atoms with Gasteiger partial charge in [-0.1, -0.05) is 0 Å². The molecular formula is C9H19NO5. The summed E-state index contributed by atoms with van der Waals surface area (Å²) in [6.07, 6.45) is -4.94. The topological polar surface area (TPSA) is 114 Å². The molecule has 6 nitrogen and oxygen atoms in total. The fraction of sp³-hybridized carbons (Fsp3) is 0.889. The first-order valence-corrected chi connectivity index (χ1v) is 4.76. The maximum Gasteiger partial charge on any atom is 0.117 e. The van der Waals surface area contributed by atoms with Crippen LogP contribution in [-0.2, 0) is 0 Å². The van der Waals surface area contributed by atoms with Gasteiger partial charge in [-0.25, -0.2) is 0 Å². The molecule has 15 heavy (non-hydrogen) atoms. The van der Waals surface area contributed by atoms with Gasteiger partial charge in [0.15, 0.2) is 0 Å². The normalized spacial score (nSPS) is 20.5. The van der Waals surface area contributed by atoms with Gasteiger partial charge >= 0.3 is 0 Å². The van der Waals surface area contributed by atoms with Gasteiger partial charge in [0, 0.05) is 12.3 Å². The highest BCUT2D eigenvalue weighted by molar-refractivity contribution is 5.63. The van der Waals surface area contributed by atoms with Crippen molar-refractivity contribution in [2.24, 2.45) is 4.99 Å². The Labute approximate surface area is 88.5 Å². The van der Waals surface area contributed by atoms with E-state index in [1.165, 1.54) is 0 Å². The van der Waals surface area contributed by atoms with Crippen molar-refractivity contribution in [2.75, 3.05) is 6.61 Å². The van der Waals surface area contributed by atoms with Gasteiger partial charge in [-0.3, -0.25) is 4.99 Å². The molecular weight excluding hydrogens is 202 g/mol. The second-order valence-electron chi connectivity index (χ2n) is 3.61. The summed E-state index contributed by atoms with van der Waals surface area (Å²) in [6, 6.07) is -0.0354. The first kappa shape index (κ1) is 14.5. The van der Waals surface area contributed by atoms with E-state index >= 15 is 0 Å². The third-order valence-electron chi connectivity index (χ3n) is 1.82. The molecule has 0 fully saturated rings. The first-order chi connectivity index (χ1) is 6.90. The van der Waals surface area contributed by atoms with Gasteiger partial charge in [-0.2, -0.15) is 0 Å². The number of aliphatic hydroxyl groups is 5. The second kappa shape index (κ2) is 6.86. The maximum atomic E-state index is 9.34. The number of aliphatic hydroxyl groups excluding tert-OH is 5. The summed E-state index contributed by atoms with van der Waals surface area (Å²) in [6.45, 7) is 2.88. The van der Waals surface area contributed by atoms with Crippen LogP contribution in [0.1, 0.15) is 13.8 Å². The van der Waals surface area contributed by atoms with Crippen molar-refractivity contribution in [1.82, 2.24) is 0 Å². The van der Waals surface area contributed by atoms with Gasteiger partial charge < -0.3 is 25.5 Å². The van der Waals surface area contributed by atoms with Crippen LogP contribution in [0.3, 0.4) is 0 Å². The minimum Gasteiger partial charge on any atom is -0.394 e. The Morgan fingerprint density at radius 1 is 1.07 bits per heavy atom. The van der Waals surface area contributed by atoms with E-state index in [9.17, 15) is 15.3 Å². The lowest BCUT2D eigenvalue weighted by Crippen LogP contribution is -2.46. The molecule has 0 aromatic carbocycles. The van der Waals surface area contributed by atoms with Gasteiger partial charge in [0.2, 0.25) is 0 Å². The van der Waals surface area contributed by atoms with Crippen LogP contribution in [0.15, 0.2) is 4.99 Å². The third-order valence-corrected chi connectivity index (χ3v) is 1.82. The summed E-state index contributed by atoms with van der Waals surface area (Å²) in [4.78, 5) is 3.82. The smallest absolute Gasteiger partial charge is 0.117 e.